The Bertz CT molecular complexity index is 475. The van der Waals surface area contributed by atoms with E-state index in [1.807, 2.05) is 36.7 Å². The van der Waals surface area contributed by atoms with Crippen LogP contribution >= 0.6 is 0 Å². The molecule has 17 heavy (non-hydrogen) atoms. The molecule has 0 amide bonds. The Morgan fingerprint density at radius 1 is 1.24 bits per heavy atom. The molecule has 0 aliphatic rings. The Kier molecular flexibility index (Phi) is 3.54. The first kappa shape index (κ1) is 11.8. The summed E-state index contributed by atoms with van der Waals surface area (Å²) in [6.07, 6.45) is 0.869. The number of hydrogen-bond donors (Lipinski definition) is 1. The first-order chi connectivity index (χ1) is 8.22. The van der Waals surface area contributed by atoms with E-state index in [9.17, 15) is 0 Å². The minimum Gasteiger partial charge on any atom is -0.330 e. The van der Waals surface area contributed by atoms with Crippen LogP contribution in [0.4, 0.5) is 0 Å². The molecular formula is C13H18N4. The maximum Gasteiger partial charge on any atom is 0.147 e. The van der Waals surface area contributed by atoms with Gasteiger partial charge in [-0.1, -0.05) is 30.3 Å². The molecule has 1 aromatic heterocycles. The van der Waals surface area contributed by atoms with Crippen LogP contribution in [0, 0.1) is 13.8 Å². The quantitative estimate of drug-likeness (QED) is 0.871. The van der Waals surface area contributed by atoms with Gasteiger partial charge in [0.15, 0.2) is 0 Å². The molecule has 4 nitrogen and oxygen atoms in total. The zero-order valence-electron chi connectivity index (χ0n) is 10.3. The van der Waals surface area contributed by atoms with Gasteiger partial charge in [0.05, 0.1) is 6.04 Å². The maximum atomic E-state index is 5.70. The molecule has 2 rings (SSSR count). The van der Waals surface area contributed by atoms with Crippen molar-refractivity contribution in [1.29, 1.82) is 0 Å². The van der Waals surface area contributed by atoms with Crippen LogP contribution in [0.5, 0.6) is 0 Å². The summed E-state index contributed by atoms with van der Waals surface area (Å²) in [5, 5.41) is 4.46. The molecule has 0 fully saturated rings. The highest BCUT2D eigenvalue weighted by atomic mass is 15.4. The average molecular weight is 230 g/mol. The topological polar surface area (TPSA) is 56.7 Å². The van der Waals surface area contributed by atoms with E-state index < -0.39 is 0 Å². The van der Waals surface area contributed by atoms with Crippen molar-refractivity contribution in [1.82, 2.24) is 14.8 Å². The van der Waals surface area contributed by atoms with Crippen LogP contribution in [0.25, 0.3) is 0 Å². The number of nitrogens with zero attached hydrogens (tertiary/aromatic N) is 3. The van der Waals surface area contributed by atoms with Gasteiger partial charge in [-0.2, -0.15) is 5.10 Å². The molecular weight excluding hydrogens is 212 g/mol. The Balaban J connectivity index is 2.39. The Morgan fingerprint density at radius 3 is 2.47 bits per heavy atom. The van der Waals surface area contributed by atoms with E-state index in [1.54, 1.807) is 0 Å². The molecule has 1 atom stereocenters. The summed E-state index contributed by atoms with van der Waals surface area (Å²) >= 11 is 0. The van der Waals surface area contributed by atoms with Gasteiger partial charge in [-0.3, -0.25) is 0 Å². The minimum atomic E-state index is 0.183. The van der Waals surface area contributed by atoms with Crippen LogP contribution in [0.3, 0.4) is 0 Å². The van der Waals surface area contributed by atoms with Gasteiger partial charge < -0.3 is 5.73 Å². The van der Waals surface area contributed by atoms with E-state index in [1.165, 1.54) is 5.56 Å². The molecule has 0 saturated carbocycles. The summed E-state index contributed by atoms with van der Waals surface area (Å²) in [4.78, 5) is 4.35. The van der Waals surface area contributed by atoms with E-state index in [0.29, 0.717) is 6.54 Å². The van der Waals surface area contributed by atoms with Crippen molar-refractivity contribution in [3.05, 3.63) is 47.5 Å². The monoisotopic (exact) mass is 230 g/mol. The van der Waals surface area contributed by atoms with Crippen molar-refractivity contribution >= 4 is 0 Å². The lowest BCUT2D eigenvalue weighted by molar-refractivity contribution is 0.481. The fraction of sp³-hybridized carbons (Fsp3) is 0.385. The van der Waals surface area contributed by atoms with E-state index in [0.717, 1.165) is 18.1 Å². The summed E-state index contributed by atoms with van der Waals surface area (Å²) in [5.74, 6) is 1.74. The lowest BCUT2D eigenvalue weighted by atomic mass is 10.0. The number of hydrogen-bond acceptors (Lipinski definition) is 3. The van der Waals surface area contributed by atoms with Gasteiger partial charge >= 0.3 is 0 Å². The van der Waals surface area contributed by atoms with Gasteiger partial charge in [0.2, 0.25) is 0 Å². The lowest BCUT2D eigenvalue weighted by Crippen LogP contribution is -2.17. The van der Waals surface area contributed by atoms with E-state index in [-0.39, 0.29) is 6.04 Å². The van der Waals surface area contributed by atoms with Gasteiger partial charge in [0, 0.05) is 0 Å². The molecule has 1 aromatic carbocycles. The summed E-state index contributed by atoms with van der Waals surface area (Å²) in [6.45, 7) is 4.53. The molecule has 4 heteroatoms. The fourth-order valence-electron chi connectivity index (χ4n) is 2.09. The normalized spacial score (nSPS) is 12.6. The van der Waals surface area contributed by atoms with Crippen LogP contribution in [-0.2, 0) is 0 Å². The van der Waals surface area contributed by atoms with Crippen molar-refractivity contribution in [2.24, 2.45) is 5.73 Å². The molecule has 0 aliphatic heterocycles. The smallest absolute Gasteiger partial charge is 0.147 e. The van der Waals surface area contributed by atoms with E-state index in [4.69, 9.17) is 5.73 Å². The van der Waals surface area contributed by atoms with Crippen LogP contribution in [0.15, 0.2) is 30.3 Å². The number of aryl methyl sites for hydroxylation is 2. The second-order valence-electron chi connectivity index (χ2n) is 4.15. The van der Waals surface area contributed by atoms with Gasteiger partial charge in [0.1, 0.15) is 11.6 Å². The number of nitrogens with two attached hydrogens (primary N) is 1. The first-order valence-corrected chi connectivity index (χ1v) is 5.87. The molecule has 0 bridgehead atoms. The second kappa shape index (κ2) is 5.10. The summed E-state index contributed by atoms with van der Waals surface area (Å²) in [6, 6.07) is 10.5. The zero-order chi connectivity index (χ0) is 12.3. The highest BCUT2D eigenvalue weighted by molar-refractivity contribution is 5.20. The molecule has 0 spiro atoms. The maximum absolute atomic E-state index is 5.70. The van der Waals surface area contributed by atoms with Crippen molar-refractivity contribution in [3.8, 4) is 0 Å². The number of rotatable bonds is 4. The highest BCUT2D eigenvalue weighted by Crippen LogP contribution is 2.21. The third-order valence-electron chi connectivity index (χ3n) is 2.83. The molecule has 0 aliphatic carbocycles. The summed E-state index contributed by atoms with van der Waals surface area (Å²) in [5.41, 5.74) is 6.93. The molecule has 2 aromatic rings. The second-order valence-corrected chi connectivity index (χ2v) is 4.15. The summed E-state index contributed by atoms with van der Waals surface area (Å²) < 4.78 is 1.97. The summed E-state index contributed by atoms with van der Waals surface area (Å²) in [7, 11) is 0. The van der Waals surface area contributed by atoms with Gasteiger partial charge in [-0.25, -0.2) is 9.67 Å². The molecule has 90 valence electrons. The standard InChI is InChI=1S/C13H18N4/c1-10-15-11(2)17(16-10)13(8-9-14)12-6-4-3-5-7-12/h3-7,13H,8-9,14H2,1-2H3. The fourth-order valence-corrected chi connectivity index (χ4v) is 2.09. The largest absolute Gasteiger partial charge is 0.330 e. The molecule has 1 heterocycles. The number of aromatic nitrogens is 3. The van der Waals surface area contributed by atoms with Crippen molar-refractivity contribution in [2.45, 2.75) is 26.3 Å². The van der Waals surface area contributed by atoms with Gasteiger partial charge in [-0.05, 0) is 32.4 Å². The highest BCUT2D eigenvalue weighted by Gasteiger charge is 2.16. The lowest BCUT2D eigenvalue weighted by Gasteiger charge is -2.18. The molecule has 0 saturated heterocycles. The van der Waals surface area contributed by atoms with Crippen LogP contribution in [0.2, 0.25) is 0 Å². The Labute approximate surface area is 101 Å². The molecule has 0 radical (unpaired) electrons. The van der Waals surface area contributed by atoms with Gasteiger partial charge in [-0.15, -0.1) is 0 Å². The van der Waals surface area contributed by atoms with Gasteiger partial charge in [0.25, 0.3) is 0 Å². The average Bonchev–Trinajstić information content (AvgIpc) is 2.66. The predicted octanol–water partition coefficient (Wildman–Crippen LogP) is 1.83. The van der Waals surface area contributed by atoms with Crippen LogP contribution < -0.4 is 5.73 Å². The molecule has 1 unspecified atom stereocenters. The first-order valence-electron chi connectivity index (χ1n) is 5.87. The van der Waals surface area contributed by atoms with Crippen molar-refractivity contribution in [2.75, 3.05) is 6.54 Å². The molecule has 2 N–H and O–H groups in total. The minimum absolute atomic E-state index is 0.183. The third-order valence-corrected chi connectivity index (χ3v) is 2.83. The van der Waals surface area contributed by atoms with Crippen molar-refractivity contribution < 1.29 is 0 Å². The SMILES string of the molecule is Cc1nc(C)n(C(CCN)c2ccccc2)n1. The third kappa shape index (κ3) is 2.53. The van der Waals surface area contributed by atoms with E-state index in [2.05, 4.69) is 22.2 Å². The van der Waals surface area contributed by atoms with Crippen LogP contribution in [-0.4, -0.2) is 21.3 Å². The Morgan fingerprint density at radius 2 is 1.94 bits per heavy atom. The number of benzene rings is 1. The Hall–Kier alpha value is -1.68. The van der Waals surface area contributed by atoms with E-state index >= 15 is 0 Å². The van der Waals surface area contributed by atoms with Crippen LogP contribution in [0.1, 0.15) is 29.7 Å². The zero-order valence-corrected chi connectivity index (χ0v) is 10.3. The predicted molar refractivity (Wildman–Crippen MR) is 67.7 cm³/mol. The van der Waals surface area contributed by atoms with Crippen molar-refractivity contribution in [3.63, 3.8) is 0 Å².